The molecule has 0 radical (unpaired) electrons. The summed E-state index contributed by atoms with van der Waals surface area (Å²) in [4.78, 5) is 24.2. The second-order valence-corrected chi connectivity index (χ2v) is 5.35. The third-order valence-corrected chi connectivity index (χ3v) is 3.27. The van der Waals surface area contributed by atoms with Crippen LogP contribution in [0.25, 0.3) is 0 Å². The predicted molar refractivity (Wildman–Crippen MR) is 64.8 cm³/mol. The van der Waals surface area contributed by atoms with Gasteiger partial charge in [-0.25, -0.2) is 4.79 Å². The van der Waals surface area contributed by atoms with Gasteiger partial charge in [-0.05, 0) is 25.2 Å². The van der Waals surface area contributed by atoms with Crippen molar-refractivity contribution < 1.29 is 14.7 Å². The van der Waals surface area contributed by atoms with E-state index < -0.39 is 11.4 Å². The van der Waals surface area contributed by atoms with Crippen LogP contribution in [0.2, 0.25) is 0 Å². The van der Waals surface area contributed by atoms with Crippen LogP contribution in [0.1, 0.15) is 33.1 Å². The highest BCUT2D eigenvalue weighted by Gasteiger charge is 2.50. The van der Waals surface area contributed by atoms with Gasteiger partial charge in [-0.15, -0.1) is 0 Å². The van der Waals surface area contributed by atoms with Crippen molar-refractivity contribution in [3.63, 3.8) is 0 Å². The number of carboxylic acid groups (broad SMARTS) is 1. The van der Waals surface area contributed by atoms with Crippen molar-refractivity contribution in [3.8, 4) is 0 Å². The van der Waals surface area contributed by atoms with Crippen LogP contribution in [-0.2, 0) is 4.79 Å². The first kappa shape index (κ1) is 13.8. The number of carboxylic acids is 1. The van der Waals surface area contributed by atoms with Gasteiger partial charge in [-0.3, -0.25) is 4.79 Å². The Morgan fingerprint density at radius 3 is 2.41 bits per heavy atom. The van der Waals surface area contributed by atoms with Gasteiger partial charge in [0.1, 0.15) is 0 Å². The Hall–Kier alpha value is -1.26. The fourth-order valence-electron chi connectivity index (χ4n) is 1.55. The van der Waals surface area contributed by atoms with Crippen molar-refractivity contribution in [2.75, 3.05) is 20.1 Å². The number of carbonyl (C=O) groups is 2. The summed E-state index contributed by atoms with van der Waals surface area (Å²) in [5.74, 6) is -0.248. The maximum atomic E-state index is 11.7. The average molecular weight is 242 g/mol. The zero-order chi connectivity index (χ0) is 13.1. The summed E-state index contributed by atoms with van der Waals surface area (Å²) in [5, 5.41) is 11.7. The van der Waals surface area contributed by atoms with Crippen LogP contribution < -0.4 is 5.32 Å². The molecule has 0 aliphatic heterocycles. The van der Waals surface area contributed by atoms with Gasteiger partial charge in [-0.1, -0.05) is 13.8 Å². The molecule has 0 spiro atoms. The third kappa shape index (κ3) is 3.91. The number of aliphatic carboxylic acids is 1. The van der Waals surface area contributed by atoms with E-state index in [4.69, 9.17) is 5.11 Å². The van der Waals surface area contributed by atoms with Crippen LogP contribution in [0.3, 0.4) is 0 Å². The van der Waals surface area contributed by atoms with Gasteiger partial charge in [0.25, 0.3) is 0 Å². The molecule has 5 heteroatoms. The van der Waals surface area contributed by atoms with E-state index in [1.54, 1.807) is 11.9 Å². The topological polar surface area (TPSA) is 69.6 Å². The lowest BCUT2D eigenvalue weighted by atomic mass is 10.1. The van der Waals surface area contributed by atoms with Gasteiger partial charge in [0.05, 0.1) is 5.41 Å². The molecule has 0 atom stereocenters. The zero-order valence-electron chi connectivity index (χ0n) is 10.8. The molecule has 17 heavy (non-hydrogen) atoms. The van der Waals surface area contributed by atoms with E-state index in [1.165, 1.54) is 0 Å². The van der Waals surface area contributed by atoms with Crippen LogP contribution in [-0.4, -0.2) is 42.1 Å². The Kier molecular flexibility index (Phi) is 4.37. The first-order chi connectivity index (χ1) is 7.87. The molecular weight excluding hydrogens is 220 g/mol. The lowest BCUT2D eigenvalue weighted by Gasteiger charge is -2.20. The number of hydrogen-bond donors (Lipinski definition) is 2. The molecule has 2 N–H and O–H groups in total. The highest BCUT2D eigenvalue weighted by molar-refractivity contribution is 5.80. The number of nitrogens with one attached hydrogen (secondary N) is 1. The number of rotatable bonds is 6. The SMILES string of the molecule is CC(C)CCN(C)C(=O)NCC1(C(=O)O)CC1. The molecule has 1 aliphatic carbocycles. The Morgan fingerprint density at radius 2 is 2.00 bits per heavy atom. The highest BCUT2D eigenvalue weighted by Crippen LogP contribution is 2.45. The van der Waals surface area contributed by atoms with Gasteiger partial charge in [0.2, 0.25) is 0 Å². The lowest BCUT2D eigenvalue weighted by molar-refractivity contribution is -0.143. The first-order valence-corrected chi connectivity index (χ1v) is 6.10. The van der Waals surface area contributed by atoms with Crippen molar-refractivity contribution in [2.45, 2.75) is 33.1 Å². The van der Waals surface area contributed by atoms with Crippen LogP contribution in [0, 0.1) is 11.3 Å². The largest absolute Gasteiger partial charge is 0.481 e. The van der Waals surface area contributed by atoms with E-state index in [1.807, 2.05) is 0 Å². The molecule has 0 heterocycles. The van der Waals surface area contributed by atoms with Gasteiger partial charge in [0, 0.05) is 20.1 Å². The van der Waals surface area contributed by atoms with Gasteiger partial charge in [0.15, 0.2) is 0 Å². The molecule has 0 unspecified atom stereocenters. The van der Waals surface area contributed by atoms with Crippen LogP contribution in [0.4, 0.5) is 4.79 Å². The second-order valence-electron chi connectivity index (χ2n) is 5.35. The third-order valence-electron chi connectivity index (χ3n) is 3.27. The standard InChI is InChI=1S/C12H22N2O3/c1-9(2)4-7-14(3)11(17)13-8-12(5-6-12)10(15)16/h9H,4-8H2,1-3H3,(H,13,17)(H,15,16). The molecule has 0 aromatic carbocycles. The molecule has 1 saturated carbocycles. The molecule has 98 valence electrons. The first-order valence-electron chi connectivity index (χ1n) is 6.10. The van der Waals surface area contributed by atoms with Crippen molar-refractivity contribution in [1.29, 1.82) is 0 Å². The number of carbonyl (C=O) groups excluding carboxylic acids is 1. The summed E-state index contributed by atoms with van der Waals surface area (Å²) < 4.78 is 0. The van der Waals surface area contributed by atoms with Crippen molar-refractivity contribution in [1.82, 2.24) is 10.2 Å². The minimum absolute atomic E-state index is 0.182. The minimum atomic E-state index is -0.803. The van der Waals surface area contributed by atoms with Gasteiger partial charge >= 0.3 is 12.0 Å². The molecule has 0 aromatic heterocycles. The van der Waals surface area contributed by atoms with E-state index in [0.29, 0.717) is 25.3 Å². The van der Waals surface area contributed by atoms with Crippen LogP contribution in [0.15, 0.2) is 0 Å². The molecule has 0 bridgehead atoms. The molecule has 1 rings (SSSR count). The highest BCUT2D eigenvalue weighted by atomic mass is 16.4. The fourth-order valence-corrected chi connectivity index (χ4v) is 1.55. The number of hydrogen-bond acceptors (Lipinski definition) is 2. The molecule has 0 aromatic rings. The van der Waals surface area contributed by atoms with Gasteiger partial charge in [-0.2, -0.15) is 0 Å². The molecule has 1 aliphatic rings. The van der Waals surface area contributed by atoms with E-state index in [-0.39, 0.29) is 12.6 Å². The zero-order valence-corrected chi connectivity index (χ0v) is 10.8. The predicted octanol–water partition coefficient (Wildman–Crippen LogP) is 1.54. The van der Waals surface area contributed by atoms with Crippen LogP contribution in [0.5, 0.6) is 0 Å². The lowest BCUT2D eigenvalue weighted by Crippen LogP contribution is -2.42. The maximum Gasteiger partial charge on any atom is 0.317 e. The number of amides is 2. The Balaban J connectivity index is 2.27. The minimum Gasteiger partial charge on any atom is -0.481 e. The monoisotopic (exact) mass is 242 g/mol. The van der Waals surface area contributed by atoms with Crippen LogP contribution >= 0.6 is 0 Å². The summed E-state index contributed by atoms with van der Waals surface area (Å²) >= 11 is 0. The molecular formula is C12H22N2O3. The van der Waals surface area contributed by atoms with E-state index in [2.05, 4.69) is 19.2 Å². The molecule has 2 amide bonds. The van der Waals surface area contributed by atoms with Crippen molar-refractivity contribution >= 4 is 12.0 Å². The normalized spacial score (nSPS) is 16.7. The Morgan fingerprint density at radius 1 is 1.41 bits per heavy atom. The average Bonchev–Trinajstić information content (AvgIpc) is 3.03. The Labute approximate surface area is 102 Å². The molecule has 0 saturated heterocycles. The second kappa shape index (κ2) is 5.38. The molecule has 5 nitrogen and oxygen atoms in total. The van der Waals surface area contributed by atoms with E-state index in [9.17, 15) is 9.59 Å². The fraction of sp³-hybridized carbons (Fsp3) is 0.833. The smallest absolute Gasteiger partial charge is 0.317 e. The summed E-state index contributed by atoms with van der Waals surface area (Å²) in [7, 11) is 1.73. The quantitative estimate of drug-likeness (QED) is 0.742. The summed E-state index contributed by atoms with van der Waals surface area (Å²) in [5.41, 5.74) is -0.686. The maximum absolute atomic E-state index is 11.7. The van der Waals surface area contributed by atoms with E-state index in [0.717, 1.165) is 6.42 Å². The number of nitrogens with zero attached hydrogens (tertiary/aromatic N) is 1. The molecule has 1 fully saturated rings. The summed E-state index contributed by atoms with van der Waals surface area (Å²) in [6.07, 6.45) is 2.28. The van der Waals surface area contributed by atoms with Crippen molar-refractivity contribution in [3.05, 3.63) is 0 Å². The van der Waals surface area contributed by atoms with E-state index >= 15 is 0 Å². The summed E-state index contributed by atoms with van der Waals surface area (Å²) in [6, 6.07) is -0.182. The summed E-state index contributed by atoms with van der Waals surface area (Å²) in [6.45, 7) is 5.15. The number of urea groups is 1. The van der Waals surface area contributed by atoms with Crippen molar-refractivity contribution in [2.24, 2.45) is 11.3 Å². The van der Waals surface area contributed by atoms with Gasteiger partial charge < -0.3 is 15.3 Å². The Bertz CT molecular complexity index is 298.